The van der Waals surface area contributed by atoms with E-state index >= 15 is 0 Å². The first-order valence-corrected chi connectivity index (χ1v) is 7.71. The number of rotatable bonds is 4. The molecule has 1 fully saturated rings. The molecule has 1 aliphatic heterocycles. The molecule has 6 nitrogen and oxygen atoms in total. The second-order valence-corrected chi connectivity index (χ2v) is 5.82. The van der Waals surface area contributed by atoms with Crippen LogP contribution in [0.1, 0.15) is 23.3 Å². The Kier molecular flexibility index (Phi) is 4.49. The van der Waals surface area contributed by atoms with Gasteiger partial charge in [-0.25, -0.2) is 0 Å². The molecular formula is C16H15ClN4O2. The number of carbonyl (C=O) groups is 1. The summed E-state index contributed by atoms with van der Waals surface area (Å²) in [6.45, 7) is 1.16. The minimum Gasteiger partial charge on any atom is -0.363 e. The predicted molar refractivity (Wildman–Crippen MR) is 84.6 cm³/mol. The summed E-state index contributed by atoms with van der Waals surface area (Å²) in [4.78, 5) is 14.1. The van der Waals surface area contributed by atoms with Gasteiger partial charge in [-0.15, -0.1) is 0 Å². The molecule has 7 heteroatoms. The highest BCUT2D eigenvalue weighted by Gasteiger charge is 2.25. The lowest BCUT2D eigenvalue weighted by Crippen LogP contribution is -2.38. The molecule has 1 aromatic heterocycles. The van der Waals surface area contributed by atoms with E-state index in [4.69, 9.17) is 21.4 Å². The minimum atomic E-state index is -0.321. The number of benzene rings is 1. The molecule has 2 aromatic rings. The van der Waals surface area contributed by atoms with Crippen LogP contribution in [0.5, 0.6) is 0 Å². The van der Waals surface area contributed by atoms with E-state index in [1.54, 1.807) is 23.1 Å². The molecule has 1 atom stereocenters. The van der Waals surface area contributed by atoms with Gasteiger partial charge in [0.2, 0.25) is 0 Å². The van der Waals surface area contributed by atoms with Crippen LogP contribution in [0.15, 0.2) is 35.1 Å². The van der Waals surface area contributed by atoms with E-state index in [0.717, 1.165) is 24.9 Å². The number of aromatic nitrogens is 1. The highest BCUT2D eigenvalue weighted by molar-refractivity contribution is 6.30. The number of likely N-dealkylation sites (tertiary alicyclic amines) is 1. The first-order valence-electron chi connectivity index (χ1n) is 7.34. The van der Waals surface area contributed by atoms with Gasteiger partial charge in [0.25, 0.3) is 5.91 Å². The van der Waals surface area contributed by atoms with Crippen molar-refractivity contribution < 1.29 is 9.32 Å². The molecular weight excluding hydrogens is 316 g/mol. The van der Waals surface area contributed by atoms with Crippen LogP contribution in [0.4, 0.5) is 0 Å². The summed E-state index contributed by atoms with van der Waals surface area (Å²) in [5.41, 5.74) is 1.57. The van der Waals surface area contributed by atoms with Gasteiger partial charge in [0.05, 0.1) is 11.6 Å². The first-order chi connectivity index (χ1) is 11.2. The minimum absolute atomic E-state index is 0.0467. The summed E-state index contributed by atoms with van der Waals surface area (Å²) in [5, 5.41) is 16.2. The Morgan fingerprint density at radius 1 is 1.57 bits per heavy atom. The van der Waals surface area contributed by atoms with Crippen molar-refractivity contribution in [2.45, 2.75) is 18.9 Å². The lowest BCUT2D eigenvalue weighted by Gasteiger charge is -2.18. The summed E-state index contributed by atoms with van der Waals surface area (Å²) >= 11 is 5.99. The molecule has 0 aliphatic carbocycles. The maximum atomic E-state index is 12.4. The molecule has 23 heavy (non-hydrogen) atoms. The highest BCUT2D eigenvalue weighted by Crippen LogP contribution is 2.25. The van der Waals surface area contributed by atoms with Gasteiger partial charge in [-0.1, -0.05) is 28.9 Å². The van der Waals surface area contributed by atoms with Gasteiger partial charge in [0.1, 0.15) is 6.26 Å². The summed E-state index contributed by atoms with van der Waals surface area (Å²) in [6, 6.07) is 7.19. The third-order valence-electron chi connectivity index (χ3n) is 3.92. The Morgan fingerprint density at radius 3 is 3.22 bits per heavy atom. The van der Waals surface area contributed by atoms with Gasteiger partial charge in [-0.2, -0.15) is 5.26 Å². The Labute approximate surface area is 138 Å². The summed E-state index contributed by atoms with van der Waals surface area (Å²) in [7, 11) is 0. The zero-order valence-corrected chi connectivity index (χ0v) is 13.1. The zero-order chi connectivity index (χ0) is 16.2. The number of nitrogens with zero attached hydrogens (tertiary/aromatic N) is 3. The van der Waals surface area contributed by atoms with Gasteiger partial charge in [0.15, 0.2) is 11.9 Å². The second kappa shape index (κ2) is 6.71. The van der Waals surface area contributed by atoms with E-state index in [1.807, 2.05) is 6.07 Å². The van der Waals surface area contributed by atoms with Crippen molar-refractivity contribution in [3.8, 4) is 17.3 Å². The van der Waals surface area contributed by atoms with E-state index in [9.17, 15) is 4.79 Å². The van der Waals surface area contributed by atoms with E-state index in [-0.39, 0.29) is 17.6 Å². The van der Waals surface area contributed by atoms with Crippen LogP contribution < -0.4 is 5.32 Å². The number of hydrogen-bond donors (Lipinski definition) is 1. The average Bonchev–Trinajstić information content (AvgIpc) is 3.21. The Morgan fingerprint density at radius 2 is 2.43 bits per heavy atom. The smallest absolute Gasteiger partial charge is 0.274 e. The fraction of sp³-hybridized carbons (Fsp3) is 0.312. The number of nitriles is 1. The number of halogens is 1. The third-order valence-corrected chi connectivity index (χ3v) is 4.16. The first kappa shape index (κ1) is 15.4. The highest BCUT2D eigenvalue weighted by atomic mass is 35.5. The molecule has 1 N–H and O–H groups in total. The Balaban J connectivity index is 1.72. The molecule has 1 aliphatic rings. The number of hydrogen-bond acceptors (Lipinski definition) is 5. The molecule has 1 aromatic carbocycles. The van der Waals surface area contributed by atoms with Crippen molar-refractivity contribution in [2.24, 2.45) is 0 Å². The molecule has 0 bridgehead atoms. The maximum Gasteiger partial charge on any atom is 0.274 e. The number of amides is 1. The van der Waals surface area contributed by atoms with Crippen molar-refractivity contribution in [3.05, 3.63) is 41.2 Å². The van der Waals surface area contributed by atoms with Crippen LogP contribution in [0.2, 0.25) is 5.02 Å². The summed E-state index contributed by atoms with van der Waals surface area (Å²) in [5.74, 6) is -0.321. The van der Waals surface area contributed by atoms with Gasteiger partial charge in [-0.05, 0) is 30.5 Å². The predicted octanol–water partition coefficient (Wildman–Crippen LogP) is 2.67. The van der Waals surface area contributed by atoms with Crippen molar-refractivity contribution >= 4 is 17.5 Å². The fourth-order valence-electron chi connectivity index (χ4n) is 2.74. The molecule has 1 saturated heterocycles. The summed E-state index contributed by atoms with van der Waals surface area (Å²) < 4.78 is 4.96. The lowest BCUT2D eigenvalue weighted by atomic mass is 10.1. The van der Waals surface area contributed by atoms with E-state index in [1.165, 1.54) is 6.26 Å². The number of carbonyl (C=O) groups excluding carboxylic acids is 1. The monoisotopic (exact) mass is 330 g/mol. The Hall–Kier alpha value is -2.52. The normalized spacial score (nSPS) is 17.0. The van der Waals surface area contributed by atoms with E-state index in [2.05, 4.69) is 16.7 Å². The van der Waals surface area contributed by atoms with Gasteiger partial charge < -0.3 is 14.7 Å². The van der Waals surface area contributed by atoms with Crippen LogP contribution in [-0.4, -0.2) is 35.1 Å². The largest absolute Gasteiger partial charge is 0.363 e. The topological polar surface area (TPSA) is 82.2 Å². The molecule has 1 amide bonds. The van der Waals surface area contributed by atoms with Crippen LogP contribution >= 0.6 is 11.6 Å². The van der Waals surface area contributed by atoms with Gasteiger partial charge in [0, 0.05) is 18.1 Å². The van der Waals surface area contributed by atoms with Crippen molar-refractivity contribution in [1.82, 2.24) is 15.4 Å². The zero-order valence-electron chi connectivity index (χ0n) is 12.3. The van der Waals surface area contributed by atoms with Crippen LogP contribution in [0.3, 0.4) is 0 Å². The molecule has 2 heterocycles. The quantitative estimate of drug-likeness (QED) is 0.871. The van der Waals surface area contributed by atoms with Crippen molar-refractivity contribution in [1.29, 1.82) is 5.26 Å². The lowest BCUT2D eigenvalue weighted by molar-refractivity contribution is 0.0937. The standard InChI is InChI=1S/C16H15ClN4O2/c17-12-4-1-3-11(7-12)14-9-23-20-15(14)16(22)19-8-13-5-2-6-21(13)10-18/h1,3-4,7,9,13H,2,5-6,8H2,(H,19,22)/t13-/m1/s1. The Bertz CT molecular complexity index is 753. The fourth-order valence-corrected chi connectivity index (χ4v) is 2.93. The maximum absolute atomic E-state index is 12.4. The van der Waals surface area contributed by atoms with Crippen LogP contribution in [0, 0.1) is 11.5 Å². The van der Waals surface area contributed by atoms with Crippen molar-refractivity contribution in [3.63, 3.8) is 0 Å². The van der Waals surface area contributed by atoms with Crippen LogP contribution in [-0.2, 0) is 0 Å². The average molecular weight is 331 g/mol. The van der Waals surface area contributed by atoms with Crippen LogP contribution in [0.25, 0.3) is 11.1 Å². The number of nitrogens with one attached hydrogen (secondary N) is 1. The molecule has 118 valence electrons. The van der Waals surface area contributed by atoms with Crippen molar-refractivity contribution in [2.75, 3.05) is 13.1 Å². The molecule has 0 saturated carbocycles. The van der Waals surface area contributed by atoms with Gasteiger partial charge in [-0.3, -0.25) is 4.79 Å². The van der Waals surface area contributed by atoms with E-state index in [0.29, 0.717) is 17.1 Å². The summed E-state index contributed by atoms with van der Waals surface area (Å²) in [6.07, 6.45) is 5.44. The van der Waals surface area contributed by atoms with E-state index < -0.39 is 0 Å². The van der Waals surface area contributed by atoms with Gasteiger partial charge >= 0.3 is 0 Å². The molecule has 3 rings (SSSR count). The SMILES string of the molecule is N#CN1CCC[C@@H]1CNC(=O)c1nocc1-c1cccc(Cl)c1. The molecule has 0 spiro atoms. The molecule has 0 unspecified atom stereocenters. The second-order valence-electron chi connectivity index (χ2n) is 5.39. The molecule has 0 radical (unpaired) electrons. The third kappa shape index (κ3) is 3.30.